The van der Waals surface area contributed by atoms with Crippen molar-refractivity contribution in [2.24, 2.45) is 0 Å². The molecule has 1 heterocycles. The fraction of sp³-hybridized carbons (Fsp3) is 0.235. The molecule has 0 aliphatic rings. The van der Waals surface area contributed by atoms with E-state index in [4.69, 9.17) is 5.73 Å². The Labute approximate surface area is 128 Å². The molecule has 0 radical (unpaired) electrons. The van der Waals surface area contributed by atoms with Gasteiger partial charge in [0.25, 0.3) is 0 Å². The lowest BCUT2D eigenvalue weighted by atomic mass is 9.98. The fourth-order valence-electron chi connectivity index (χ4n) is 2.48. The van der Waals surface area contributed by atoms with E-state index in [0.717, 1.165) is 34.6 Å². The van der Waals surface area contributed by atoms with Crippen LogP contribution in [0.2, 0.25) is 0 Å². The highest BCUT2D eigenvalue weighted by molar-refractivity contribution is 7.16. The van der Waals surface area contributed by atoms with Crippen LogP contribution >= 0.6 is 11.3 Å². The molecule has 0 bridgehead atoms. The highest BCUT2D eigenvalue weighted by Crippen LogP contribution is 2.30. The molecular formula is C17H19N3S. The first-order chi connectivity index (χ1) is 10.3. The predicted molar refractivity (Wildman–Crippen MR) is 92.0 cm³/mol. The van der Waals surface area contributed by atoms with E-state index in [1.165, 1.54) is 5.56 Å². The van der Waals surface area contributed by atoms with E-state index in [9.17, 15) is 0 Å². The first-order valence-electron chi connectivity index (χ1n) is 7.16. The van der Waals surface area contributed by atoms with Crippen LogP contribution in [0.15, 0.2) is 48.0 Å². The van der Waals surface area contributed by atoms with E-state index < -0.39 is 0 Å². The molecule has 1 aromatic heterocycles. The van der Waals surface area contributed by atoms with Gasteiger partial charge < -0.3 is 11.1 Å². The minimum Gasteiger partial charge on any atom is -0.395 e. The van der Waals surface area contributed by atoms with Gasteiger partial charge in [0.2, 0.25) is 0 Å². The molecule has 0 saturated carbocycles. The number of hydrogen-bond acceptors (Lipinski definition) is 4. The van der Waals surface area contributed by atoms with E-state index in [-0.39, 0.29) is 0 Å². The summed E-state index contributed by atoms with van der Waals surface area (Å²) in [5.74, 6) is 0.530. The molecule has 21 heavy (non-hydrogen) atoms. The summed E-state index contributed by atoms with van der Waals surface area (Å²) in [6.07, 6.45) is 1.07. The Morgan fingerprint density at radius 1 is 1.19 bits per heavy atom. The van der Waals surface area contributed by atoms with Crippen molar-refractivity contribution in [1.29, 1.82) is 0 Å². The Morgan fingerprint density at radius 3 is 2.81 bits per heavy atom. The standard InChI is InChI=1S/C17H19N3S/c1-12(13-5-3-2-4-6-13)9-10-19-14-7-8-15-17(16(14)18)20-11-21-15/h2-8,11-12,19H,9-10,18H2,1H3. The van der Waals surface area contributed by atoms with Crippen LogP contribution in [-0.2, 0) is 0 Å². The first kappa shape index (κ1) is 13.9. The number of benzene rings is 2. The van der Waals surface area contributed by atoms with Gasteiger partial charge in [0, 0.05) is 6.54 Å². The summed E-state index contributed by atoms with van der Waals surface area (Å²) in [6.45, 7) is 3.15. The average molecular weight is 297 g/mol. The van der Waals surface area contributed by atoms with E-state index in [1.807, 2.05) is 11.6 Å². The Morgan fingerprint density at radius 2 is 2.00 bits per heavy atom. The number of nitrogens with zero attached hydrogens (tertiary/aromatic N) is 1. The number of aromatic nitrogens is 1. The topological polar surface area (TPSA) is 50.9 Å². The zero-order chi connectivity index (χ0) is 14.7. The number of rotatable bonds is 5. The SMILES string of the molecule is CC(CCNc1ccc2scnc2c1N)c1ccccc1. The third-order valence-corrected chi connectivity index (χ3v) is 4.60. The maximum absolute atomic E-state index is 6.17. The van der Waals surface area contributed by atoms with E-state index in [2.05, 4.69) is 53.6 Å². The average Bonchev–Trinajstić information content (AvgIpc) is 3.00. The summed E-state index contributed by atoms with van der Waals surface area (Å²) in [5, 5.41) is 3.44. The summed E-state index contributed by atoms with van der Waals surface area (Å²) in [6, 6.07) is 14.7. The Hall–Kier alpha value is -2.07. The van der Waals surface area contributed by atoms with Gasteiger partial charge in [-0.15, -0.1) is 11.3 Å². The van der Waals surface area contributed by atoms with Crippen LogP contribution in [0.5, 0.6) is 0 Å². The van der Waals surface area contributed by atoms with E-state index >= 15 is 0 Å². The third kappa shape index (κ3) is 3.00. The van der Waals surface area contributed by atoms with Gasteiger partial charge in [0.1, 0.15) is 5.52 Å². The predicted octanol–water partition coefficient (Wildman–Crippen LogP) is 4.48. The molecular weight excluding hydrogens is 278 g/mol. The highest BCUT2D eigenvalue weighted by Gasteiger charge is 2.08. The minimum absolute atomic E-state index is 0.530. The van der Waals surface area contributed by atoms with Crippen LogP contribution in [0.1, 0.15) is 24.8 Å². The molecule has 0 saturated heterocycles. The molecule has 0 aliphatic carbocycles. The maximum Gasteiger partial charge on any atom is 0.106 e. The fourth-order valence-corrected chi connectivity index (χ4v) is 3.17. The molecule has 0 fully saturated rings. The molecule has 108 valence electrons. The van der Waals surface area contributed by atoms with Crippen LogP contribution in [0.3, 0.4) is 0 Å². The molecule has 3 rings (SSSR count). The number of nitrogen functional groups attached to an aromatic ring is 1. The van der Waals surface area contributed by atoms with Crippen LogP contribution in [0.4, 0.5) is 11.4 Å². The van der Waals surface area contributed by atoms with Gasteiger partial charge in [-0.2, -0.15) is 0 Å². The molecule has 1 unspecified atom stereocenters. The van der Waals surface area contributed by atoms with Crippen LogP contribution in [0, 0.1) is 0 Å². The van der Waals surface area contributed by atoms with Crippen molar-refractivity contribution in [3.63, 3.8) is 0 Å². The Balaban J connectivity index is 1.63. The normalized spacial score (nSPS) is 12.4. The van der Waals surface area contributed by atoms with Crippen molar-refractivity contribution in [2.45, 2.75) is 19.3 Å². The van der Waals surface area contributed by atoms with Crippen LogP contribution in [-0.4, -0.2) is 11.5 Å². The first-order valence-corrected chi connectivity index (χ1v) is 8.04. The largest absolute Gasteiger partial charge is 0.395 e. The van der Waals surface area contributed by atoms with Gasteiger partial charge in [0.05, 0.1) is 21.6 Å². The minimum atomic E-state index is 0.530. The summed E-state index contributed by atoms with van der Waals surface area (Å²) in [4.78, 5) is 4.32. The number of anilines is 2. The molecule has 3 N–H and O–H groups in total. The number of hydrogen-bond donors (Lipinski definition) is 2. The summed E-state index contributed by atoms with van der Waals surface area (Å²) in [5.41, 5.74) is 12.0. The lowest BCUT2D eigenvalue weighted by Gasteiger charge is -2.14. The number of fused-ring (bicyclic) bond motifs is 1. The summed E-state index contributed by atoms with van der Waals surface area (Å²) in [7, 11) is 0. The van der Waals surface area contributed by atoms with Gasteiger partial charge >= 0.3 is 0 Å². The van der Waals surface area contributed by atoms with Gasteiger partial charge in [0.15, 0.2) is 0 Å². The second kappa shape index (κ2) is 6.14. The monoisotopic (exact) mass is 297 g/mol. The number of thiazole rings is 1. The van der Waals surface area contributed by atoms with Crippen LogP contribution in [0.25, 0.3) is 10.2 Å². The number of nitrogens with one attached hydrogen (secondary N) is 1. The van der Waals surface area contributed by atoms with Gasteiger partial charge in [-0.3, -0.25) is 0 Å². The lowest BCUT2D eigenvalue weighted by Crippen LogP contribution is -2.07. The Kier molecular flexibility index (Phi) is 4.06. The maximum atomic E-state index is 6.17. The van der Waals surface area contributed by atoms with Crippen molar-refractivity contribution >= 4 is 32.9 Å². The summed E-state index contributed by atoms with van der Waals surface area (Å²) < 4.78 is 1.13. The Bertz CT molecular complexity index is 721. The highest BCUT2D eigenvalue weighted by atomic mass is 32.1. The third-order valence-electron chi connectivity index (χ3n) is 3.80. The molecule has 2 aromatic carbocycles. The van der Waals surface area contributed by atoms with Crippen molar-refractivity contribution in [1.82, 2.24) is 4.98 Å². The molecule has 0 spiro atoms. The van der Waals surface area contributed by atoms with Crippen LogP contribution < -0.4 is 11.1 Å². The molecule has 3 aromatic rings. The van der Waals surface area contributed by atoms with Gasteiger partial charge in [-0.1, -0.05) is 37.3 Å². The van der Waals surface area contributed by atoms with Crippen molar-refractivity contribution in [2.75, 3.05) is 17.6 Å². The zero-order valence-corrected chi connectivity index (χ0v) is 12.9. The van der Waals surface area contributed by atoms with Crippen molar-refractivity contribution in [3.05, 3.63) is 53.5 Å². The van der Waals surface area contributed by atoms with Gasteiger partial charge in [-0.05, 0) is 30.0 Å². The molecule has 0 amide bonds. The lowest BCUT2D eigenvalue weighted by molar-refractivity contribution is 0.706. The molecule has 3 nitrogen and oxygen atoms in total. The van der Waals surface area contributed by atoms with Crippen molar-refractivity contribution in [3.8, 4) is 0 Å². The van der Waals surface area contributed by atoms with E-state index in [1.54, 1.807) is 11.3 Å². The molecule has 0 aliphatic heterocycles. The smallest absolute Gasteiger partial charge is 0.106 e. The van der Waals surface area contributed by atoms with E-state index in [0.29, 0.717) is 5.92 Å². The molecule has 4 heteroatoms. The second-order valence-corrected chi connectivity index (χ2v) is 6.14. The second-order valence-electron chi connectivity index (χ2n) is 5.25. The number of nitrogens with two attached hydrogens (primary N) is 1. The summed E-state index contributed by atoms with van der Waals surface area (Å²) >= 11 is 1.62. The zero-order valence-electron chi connectivity index (χ0n) is 12.0. The van der Waals surface area contributed by atoms with Crippen molar-refractivity contribution < 1.29 is 0 Å². The molecule has 1 atom stereocenters. The van der Waals surface area contributed by atoms with Gasteiger partial charge in [-0.25, -0.2) is 4.98 Å². The quantitative estimate of drug-likeness (QED) is 0.682.